The molecule has 0 bridgehead atoms. The lowest BCUT2D eigenvalue weighted by atomic mass is 10.00. The minimum atomic E-state index is 0.0170. The van der Waals surface area contributed by atoms with Gasteiger partial charge in [-0.3, -0.25) is 14.8 Å². The Morgan fingerprint density at radius 3 is 3.07 bits per heavy atom. The molecule has 7 heteroatoms. The number of nitriles is 1. The van der Waals surface area contributed by atoms with E-state index in [1.165, 1.54) is 0 Å². The fourth-order valence-electron chi connectivity index (χ4n) is 3.77. The van der Waals surface area contributed by atoms with Crippen LogP contribution in [0.25, 0.3) is 10.9 Å². The predicted octanol–water partition coefficient (Wildman–Crippen LogP) is 3.10. The first kappa shape index (κ1) is 18.0. The Morgan fingerprint density at radius 2 is 2.29 bits per heavy atom. The molecule has 1 saturated heterocycles. The Bertz CT molecular complexity index is 1030. The van der Waals surface area contributed by atoms with Crippen molar-refractivity contribution in [3.8, 4) is 6.07 Å². The van der Waals surface area contributed by atoms with Crippen LogP contribution >= 0.6 is 0 Å². The van der Waals surface area contributed by atoms with Crippen molar-refractivity contribution in [1.82, 2.24) is 19.9 Å². The molecule has 0 aromatic carbocycles. The highest BCUT2D eigenvalue weighted by Crippen LogP contribution is 2.26. The molecule has 1 aliphatic rings. The van der Waals surface area contributed by atoms with Crippen LogP contribution in [-0.4, -0.2) is 44.9 Å². The molecule has 142 valence electrons. The van der Waals surface area contributed by atoms with Gasteiger partial charge in [0.15, 0.2) is 0 Å². The van der Waals surface area contributed by atoms with E-state index >= 15 is 0 Å². The minimum Gasteiger partial charge on any atom is -0.381 e. The van der Waals surface area contributed by atoms with Crippen molar-refractivity contribution < 1.29 is 4.79 Å². The number of hydrogen-bond donors (Lipinski definition) is 2. The summed E-state index contributed by atoms with van der Waals surface area (Å²) in [6.07, 6.45) is 5.99. The SMILES string of the molecule is Cc1cc(NC(C)C2CCN(C(=O)c3cc4cnccc4[nH]3)C2)c(C#N)cn1. The molecule has 0 saturated carbocycles. The fourth-order valence-corrected chi connectivity index (χ4v) is 3.77. The molecule has 1 aliphatic heterocycles. The largest absolute Gasteiger partial charge is 0.381 e. The van der Waals surface area contributed by atoms with Gasteiger partial charge in [0, 0.05) is 54.3 Å². The number of rotatable bonds is 4. The average Bonchev–Trinajstić information content (AvgIpc) is 3.35. The second kappa shape index (κ2) is 7.31. The fraction of sp³-hybridized carbons (Fsp3) is 0.333. The Labute approximate surface area is 163 Å². The van der Waals surface area contributed by atoms with Gasteiger partial charge in [0.2, 0.25) is 0 Å². The van der Waals surface area contributed by atoms with Crippen LogP contribution in [0.2, 0.25) is 0 Å². The maximum absolute atomic E-state index is 12.9. The first-order valence-electron chi connectivity index (χ1n) is 9.40. The van der Waals surface area contributed by atoms with E-state index in [-0.39, 0.29) is 11.9 Å². The van der Waals surface area contributed by atoms with Gasteiger partial charge in [-0.2, -0.15) is 5.26 Å². The summed E-state index contributed by atoms with van der Waals surface area (Å²) in [4.78, 5) is 26.2. The molecule has 3 aromatic rings. The molecule has 3 aromatic heterocycles. The van der Waals surface area contributed by atoms with E-state index in [2.05, 4.69) is 33.3 Å². The summed E-state index contributed by atoms with van der Waals surface area (Å²) in [5, 5.41) is 13.7. The van der Waals surface area contributed by atoms with E-state index in [4.69, 9.17) is 0 Å². The maximum atomic E-state index is 12.9. The third-order valence-electron chi connectivity index (χ3n) is 5.41. The van der Waals surface area contributed by atoms with Crippen molar-refractivity contribution in [2.75, 3.05) is 18.4 Å². The first-order valence-corrected chi connectivity index (χ1v) is 9.40. The third-order valence-corrected chi connectivity index (χ3v) is 5.41. The van der Waals surface area contributed by atoms with Crippen LogP contribution in [0.3, 0.4) is 0 Å². The van der Waals surface area contributed by atoms with Crippen molar-refractivity contribution in [2.24, 2.45) is 5.92 Å². The topological polar surface area (TPSA) is 97.7 Å². The molecular weight excluding hydrogens is 352 g/mol. The van der Waals surface area contributed by atoms with E-state index < -0.39 is 0 Å². The number of nitrogens with one attached hydrogen (secondary N) is 2. The highest BCUT2D eigenvalue weighted by atomic mass is 16.2. The van der Waals surface area contributed by atoms with Gasteiger partial charge in [-0.25, -0.2) is 0 Å². The van der Waals surface area contributed by atoms with E-state index in [9.17, 15) is 10.1 Å². The van der Waals surface area contributed by atoms with Crippen molar-refractivity contribution >= 4 is 22.5 Å². The van der Waals surface area contributed by atoms with Crippen LogP contribution in [0.1, 0.15) is 35.1 Å². The summed E-state index contributed by atoms with van der Waals surface area (Å²) in [6.45, 7) is 5.42. The third kappa shape index (κ3) is 3.41. The van der Waals surface area contributed by atoms with Crippen LogP contribution < -0.4 is 5.32 Å². The van der Waals surface area contributed by atoms with Crippen LogP contribution in [0, 0.1) is 24.2 Å². The summed E-state index contributed by atoms with van der Waals surface area (Å²) >= 11 is 0. The van der Waals surface area contributed by atoms with Gasteiger partial charge < -0.3 is 15.2 Å². The molecule has 4 rings (SSSR count). The monoisotopic (exact) mass is 374 g/mol. The lowest BCUT2D eigenvalue weighted by Gasteiger charge is -2.23. The lowest BCUT2D eigenvalue weighted by Crippen LogP contribution is -2.33. The van der Waals surface area contributed by atoms with Crippen LogP contribution in [0.4, 0.5) is 5.69 Å². The Morgan fingerprint density at radius 1 is 1.43 bits per heavy atom. The number of hydrogen-bond acceptors (Lipinski definition) is 5. The molecule has 1 fully saturated rings. The molecule has 1 amide bonds. The van der Waals surface area contributed by atoms with Crippen molar-refractivity contribution in [3.05, 3.63) is 53.7 Å². The zero-order valence-electron chi connectivity index (χ0n) is 15.9. The van der Waals surface area contributed by atoms with E-state index in [1.54, 1.807) is 18.6 Å². The highest BCUT2D eigenvalue weighted by Gasteiger charge is 2.31. The molecule has 28 heavy (non-hydrogen) atoms. The average molecular weight is 374 g/mol. The number of H-pyrrole nitrogens is 1. The lowest BCUT2D eigenvalue weighted by molar-refractivity contribution is 0.0781. The summed E-state index contributed by atoms with van der Waals surface area (Å²) in [6, 6.07) is 7.94. The zero-order valence-corrected chi connectivity index (χ0v) is 15.9. The summed E-state index contributed by atoms with van der Waals surface area (Å²) in [5.41, 5.74) is 3.72. The number of amides is 1. The van der Waals surface area contributed by atoms with Crippen molar-refractivity contribution in [2.45, 2.75) is 26.3 Å². The Hall–Kier alpha value is -3.40. The number of aryl methyl sites for hydroxylation is 1. The van der Waals surface area contributed by atoms with Gasteiger partial charge in [0.1, 0.15) is 11.8 Å². The van der Waals surface area contributed by atoms with Gasteiger partial charge in [0.25, 0.3) is 5.91 Å². The van der Waals surface area contributed by atoms with Crippen LogP contribution in [0.15, 0.2) is 36.8 Å². The van der Waals surface area contributed by atoms with Crippen LogP contribution in [-0.2, 0) is 0 Å². The number of likely N-dealkylation sites (tertiary alicyclic amines) is 1. The first-order chi connectivity index (χ1) is 13.5. The van der Waals surface area contributed by atoms with Gasteiger partial charge in [-0.1, -0.05) is 0 Å². The number of carbonyl (C=O) groups is 1. The van der Waals surface area contributed by atoms with Gasteiger partial charge in [0.05, 0.1) is 11.3 Å². The molecule has 4 heterocycles. The van der Waals surface area contributed by atoms with E-state index in [0.29, 0.717) is 23.7 Å². The number of aromatic amines is 1. The molecule has 7 nitrogen and oxygen atoms in total. The van der Waals surface area contributed by atoms with Crippen LogP contribution in [0.5, 0.6) is 0 Å². The quantitative estimate of drug-likeness (QED) is 0.731. The molecule has 0 spiro atoms. The summed E-state index contributed by atoms with van der Waals surface area (Å²) in [7, 11) is 0. The molecule has 2 unspecified atom stereocenters. The Kier molecular flexibility index (Phi) is 4.70. The highest BCUT2D eigenvalue weighted by molar-refractivity contribution is 5.97. The smallest absolute Gasteiger partial charge is 0.270 e. The number of fused-ring (bicyclic) bond motifs is 1. The maximum Gasteiger partial charge on any atom is 0.270 e. The minimum absolute atomic E-state index is 0.0170. The van der Waals surface area contributed by atoms with Gasteiger partial charge in [-0.05, 0) is 44.4 Å². The van der Waals surface area contributed by atoms with Gasteiger partial charge >= 0.3 is 0 Å². The standard InChI is InChI=1S/C21H22N6O/c1-13-7-19(17(9-22)11-24-13)25-14(2)15-4-6-27(12-15)21(28)20-8-16-10-23-5-3-18(16)26-20/h3,5,7-8,10-11,14-15,26H,4,6,12H2,1-2H3,(H,24,25). The number of nitrogens with zero attached hydrogens (tertiary/aromatic N) is 4. The Balaban J connectivity index is 1.44. The number of aromatic nitrogens is 3. The van der Waals surface area contributed by atoms with Crippen molar-refractivity contribution in [1.29, 1.82) is 5.26 Å². The number of pyridine rings is 2. The molecular formula is C21H22N6O. The predicted molar refractivity (Wildman–Crippen MR) is 107 cm³/mol. The number of carbonyl (C=O) groups excluding carboxylic acids is 1. The molecule has 0 aliphatic carbocycles. The normalized spacial score (nSPS) is 17.5. The molecule has 0 radical (unpaired) electrons. The molecule has 2 N–H and O–H groups in total. The van der Waals surface area contributed by atoms with Crippen molar-refractivity contribution in [3.63, 3.8) is 0 Å². The second-order valence-corrected chi connectivity index (χ2v) is 7.36. The van der Waals surface area contributed by atoms with E-state index in [0.717, 1.165) is 35.2 Å². The molecule has 2 atom stereocenters. The van der Waals surface area contributed by atoms with Gasteiger partial charge in [-0.15, -0.1) is 0 Å². The number of anilines is 1. The second-order valence-electron chi connectivity index (χ2n) is 7.36. The van der Waals surface area contributed by atoms with E-state index in [1.807, 2.05) is 30.0 Å². The summed E-state index contributed by atoms with van der Waals surface area (Å²) < 4.78 is 0. The summed E-state index contributed by atoms with van der Waals surface area (Å²) in [5.74, 6) is 0.332. The zero-order chi connectivity index (χ0) is 19.7.